The highest BCUT2D eigenvalue weighted by Crippen LogP contribution is 2.56. The predicted molar refractivity (Wildman–Crippen MR) is 197 cm³/mol. The van der Waals surface area contributed by atoms with Gasteiger partial charge < -0.3 is 22.3 Å². The number of hydrogen-bond donors (Lipinski definition) is 1. The van der Waals surface area contributed by atoms with Crippen LogP contribution in [-0.4, -0.2) is 34.8 Å². The number of hydrogen-bond acceptors (Lipinski definition) is 3. The fraction of sp³-hybridized carbons (Fsp3) is 0.341. The molecule has 1 unspecified atom stereocenters. The second-order valence-corrected chi connectivity index (χ2v) is 16.2. The van der Waals surface area contributed by atoms with Crippen LogP contribution in [0, 0.1) is 0 Å². The molecule has 1 atom stereocenters. The van der Waals surface area contributed by atoms with Gasteiger partial charge in [0, 0.05) is 12.5 Å². The first-order valence-electron chi connectivity index (χ1n) is 17.3. The van der Waals surface area contributed by atoms with Crippen LogP contribution in [0.25, 0.3) is 0 Å². The number of halogens is 1. The van der Waals surface area contributed by atoms with Crippen LogP contribution in [0.1, 0.15) is 98.8 Å². The molecule has 0 spiro atoms. The largest absolute Gasteiger partial charge is 1.00 e. The molecule has 48 heavy (non-hydrogen) atoms. The topological polar surface area (TPSA) is 66.5 Å². The molecule has 0 saturated heterocycles. The Labute approximate surface area is 297 Å². The Morgan fingerprint density at radius 1 is 0.646 bits per heavy atom. The van der Waals surface area contributed by atoms with Crippen LogP contribution >= 0.6 is 7.26 Å². The highest BCUT2D eigenvalue weighted by atomic mass is 79.9. The molecular weight excluding hydrogens is 679 g/mol. The van der Waals surface area contributed by atoms with Gasteiger partial charge in [-0.1, -0.05) is 99.7 Å². The Bertz CT molecular complexity index is 1540. The van der Waals surface area contributed by atoms with Gasteiger partial charge in [0.2, 0.25) is 5.91 Å². The third kappa shape index (κ3) is 8.51. The average molecular weight is 728 g/mol. The minimum Gasteiger partial charge on any atom is -1.00 e. The van der Waals surface area contributed by atoms with E-state index in [1.54, 1.807) is 18.2 Å². The maximum absolute atomic E-state index is 13.0. The molecule has 5 rings (SSSR count). The molecule has 0 bridgehead atoms. The lowest BCUT2D eigenvalue weighted by molar-refractivity contribution is -0.116. The average Bonchev–Trinajstić information content (AvgIpc) is 3.37. The van der Waals surface area contributed by atoms with Crippen molar-refractivity contribution in [3.05, 3.63) is 120 Å². The molecule has 0 fully saturated rings. The summed E-state index contributed by atoms with van der Waals surface area (Å²) >= 11 is 0. The zero-order chi connectivity index (χ0) is 33.1. The lowest BCUT2D eigenvalue weighted by atomic mass is 10.1. The first-order chi connectivity index (χ1) is 23.0. The summed E-state index contributed by atoms with van der Waals surface area (Å²) < 4.78 is 0. The Morgan fingerprint density at radius 3 is 1.62 bits per heavy atom. The van der Waals surface area contributed by atoms with E-state index in [0.29, 0.717) is 29.7 Å². The molecule has 4 aromatic rings. The van der Waals surface area contributed by atoms with E-state index in [1.165, 1.54) is 59.1 Å². The second-order valence-electron chi connectivity index (χ2n) is 12.6. The number of anilines is 1. The number of benzene rings is 4. The Kier molecular flexibility index (Phi) is 14.1. The van der Waals surface area contributed by atoms with Crippen LogP contribution in [0.15, 0.2) is 109 Å². The molecule has 0 aromatic heterocycles. The highest BCUT2D eigenvalue weighted by Gasteiger charge is 2.44. The summed E-state index contributed by atoms with van der Waals surface area (Å²) in [6, 6.07) is 38.3. The number of nitrogens with one attached hydrogen (secondary N) is 1. The summed E-state index contributed by atoms with van der Waals surface area (Å²) in [5.74, 6) is -0.703. The number of imide groups is 1. The van der Waals surface area contributed by atoms with Crippen LogP contribution in [0.5, 0.6) is 0 Å². The Morgan fingerprint density at radius 2 is 1.12 bits per heavy atom. The molecule has 252 valence electrons. The highest BCUT2D eigenvalue weighted by molar-refractivity contribution is 7.95. The van der Waals surface area contributed by atoms with Gasteiger partial charge in [-0.05, 0) is 81.1 Å². The number of carbonyl (C=O) groups is 3. The monoisotopic (exact) mass is 726 g/mol. The van der Waals surface area contributed by atoms with E-state index in [1.807, 2.05) is 13.8 Å². The number of amides is 3. The van der Waals surface area contributed by atoms with Crippen molar-refractivity contribution in [2.24, 2.45) is 0 Å². The first-order valence-corrected chi connectivity index (χ1v) is 19.3. The summed E-state index contributed by atoms with van der Waals surface area (Å²) in [5.41, 5.74) is 1.14. The molecular formula is C41H48BrN2O3P. The zero-order valence-corrected chi connectivity index (χ0v) is 30.7. The van der Waals surface area contributed by atoms with Gasteiger partial charge in [0.15, 0.2) is 0 Å². The van der Waals surface area contributed by atoms with Crippen molar-refractivity contribution in [1.29, 1.82) is 0 Å². The van der Waals surface area contributed by atoms with Gasteiger partial charge in [0.05, 0.1) is 23.0 Å². The van der Waals surface area contributed by atoms with Crippen molar-refractivity contribution in [3.8, 4) is 0 Å². The first kappa shape index (κ1) is 37.2. The summed E-state index contributed by atoms with van der Waals surface area (Å²) in [6.45, 7) is 3.82. The van der Waals surface area contributed by atoms with Gasteiger partial charge >= 0.3 is 0 Å². The molecule has 0 radical (unpaired) electrons. The lowest BCUT2D eigenvalue weighted by Crippen LogP contribution is -3.00. The second kappa shape index (κ2) is 18.2. The molecule has 1 N–H and O–H groups in total. The quantitative estimate of drug-likeness (QED) is 0.0885. The van der Waals surface area contributed by atoms with Crippen LogP contribution in [0.4, 0.5) is 5.69 Å². The van der Waals surface area contributed by atoms with Gasteiger partial charge in [-0.2, -0.15) is 0 Å². The fourth-order valence-corrected chi connectivity index (χ4v) is 11.2. The normalized spacial score (nSPS) is 13.2. The fourth-order valence-electron chi connectivity index (χ4n) is 6.78. The molecule has 4 aromatic carbocycles. The smallest absolute Gasteiger partial charge is 0.263 e. The summed E-state index contributed by atoms with van der Waals surface area (Å²) in [6.07, 6.45) is 11.2. The van der Waals surface area contributed by atoms with E-state index in [2.05, 4.69) is 96.3 Å². The molecule has 1 heterocycles. The van der Waals surface area contributed by atoms with Crippen LogP contribution < -0.4 is 38.2 Å². The van der Waals surface area contributed by atoms with E-state index >= 15 is 0 Å². The SMILES string of the molecule is CCC(C)N1C(=O)c2cccc(NC(=O)CCCCCCCCCC[P+](c3ccccc3)(c3ccccc3)c3ccccc3)c2C1=O.[Br-]. The number of carbonyl (C=O) groups excluding carboxylic acids is 3. The number of rotatable bonds is 17. The molecule has 5 nitrogen and oxygen atoms in total. The molecule has 1 aliphatic rings. The standard InChI is InChI=1S/C41H47N2O3P.BrH/c1-3-32(2)43-40(45)36-28-21-29-37(39(36)41(43)46)42-38(44)30-19-8-6-4-5-7-9-20-31-47(33-22-13-10-14-23-33,34-24-15-11-16-25-34)35-26-17-12-18-27-35;/h10-18,21-29,32H,3-9,19-20,30-31H2,1-2H3;1H. The zero-order valence-electron chi connectivity index (χ0n) is 28.2. The Balaban J connectivity index is 0.00000520. The maximum Gasteiger partial charge on any atom is 0.263 e. The summed E-state index contributed by atoms with van der Waals surface area (Å²) in [7, 11) is -1.75. The van der Waals surface area contributed by atoms with Crippen molar-refractivity contribution in [3.63, 3.8) is 0 Å². The Hall–Kier alpha value is -3.60. The van der Waals surface area contributed by atoms with Gasteiger partial charge in [-0.15, -0.1) is 0 Å². The van der Waals surface area contributed by atoms with Gasteiger partial charge in [0.1, 0.15) is 23.2 Å². The van der Waals surface area contributed by atoms with E-state index < -0.39 is 7.26 Å². The number of fused-ring (bicyclic) bond motifs is 1. The van der Waals surface area contributed by atoms with Crippen molar-refractivity contribution in [2.75, 3.05) is 11.5 Å². The number of nitrogens with zero attached hydrogens (tertiary/aromatic N) is 1. The van der Waals surface area contributed by atoms with E-state index in [4.69, 9.17) is 0 Å². The molecule has 7 heteroatoms. The van der Waals surface area contributed by atoms with Gasteiger partial charge in [0.25, 0.3) is 11.8 Å². The third-order valence-corrected chi connectivity index (χ3v) is 14.0. The van der Waals surface area contributed by atoms with Crippen LogP contribution in [0.2, 0.25) is 0 Å². The molecule has 0 aliphatic carbocycles. The summed E-state index contributed by atoms with van der Waals surface area (Å²) in [5, 5.41) is 7.26. The van der Waals surface area contributed by atoms with Gasteiger partial charge in [-0.25, -0.2) is 0 Å². The molecule has 1 aliphatic heterocycles. The number of unbranched alkanes of at least 4 members (excludes halogenated alkanes) is 7. The van der Waals surface area contributed by atoms with Crippen LogP contribution in [0.3, 0.4) is 0 Å². The lowest BCUT2D eigenvalue weighted by Gasteiger charge is -2.27. The molecule has 0 saturated carbocycles. The van der Waals surface area contributed by atoms with Crippen molar-refractivity contribution in [2.45, 2.75) is 84.1 Å². The minimum absolute atomic E-state index is 0. The van der Waals surface area contributed by atoms with E-state index in [9.17, 15) is 14.4 Å². The summed E-state index contributed by atoms with van der Waals surface area (Å²) in [4.78, 5) is 39.9. The van der Waals surface area contributed by atoms with E-state index in [0.717, 1.165) is 19.3 Å². The minimum atomic E-state index is -1.75. The predicted octanol–water partition coefficient (Wildman–Crippen LogP) is 5.53. The molecule has 3 amide bonds. The van der Waals surface area contributed by atoms with Crippen molar-refractivity contribution < 1.29 is 31.4 Å². The van der Waals surface area contributed by atoms with Crippen molar-refractivity contribution in [1.82, 2.24) is 4.90 Å². The maximum atomic E-state index is 13.0. The van der Waals surface area contributed by atoms with Crippen LogP contribution in [-0.2, 0) is 4.79 Å². The third-order valence-electron chi connectivity index (χ3n) is 9.49. The van der Waals surface area contributed by atoms with Gasteiger partial charge in [-0.3, -0.25) is 19.3 Å². The van der Waals surface area contributed by atoms with Crippen molar-refractivity contribution >= 4 is 46.6 Å². The van der Waals surface area contributed by atoms with E-state index in [-0.39, 0.29) is 40.7 Å².